The summed E-state index contributed by atoms with van der Waals surface area (Å²) in [6.07, 6.45) is 1.72. The van der Waals surface area contributed by atoms with E-state index in [1.165, 1.54) is 0 Å². The highest BCUT2D eigenvalue weighted by molar-refractivity contribution is 5.42. The second kappa shape index (κ2) is 6.24. The molecule has 2 heterocycles. The largest absolute Gasteiger partial charge is 0.393 e. The van der Waals surface area contributed by atoms with Crippen molar-refractivity contribution in [3.8, 4) is 0 Å². The minimum absolute atomic E-state index is 0.201. The molecule has 22 heavy (non-hydrogen) atoms. The number of nitrogen functional groups attached to an aromatic ring is 1. The summed E-state index contributed by atoms with van der Waals surface area (Å²) >= 11 is 0. The molecule has 0 aromatic carbocycles. The normalized spacial score (nSPS) is 20.6. The lowest BCUT2D eigenvalue weighted by molar-refractivity contribution is 0.0732. The number of nitrogens with one attached hydrogen (secondary N) is 1. The number of nitrogens with two attached hydrogens (primary N) is 1. The zero-order valence-electron chi connectivity index (χ0n) is 11.9. The highest BCUT2D eigenvalue weighted by Gasteiger charge is 2.30. The molecule has 5 N–H and O–H groups in total. The number of anilines is 2. The number of nitrogens with zero attached hydrogens (tertiary/aromatic N) is 4. The van der Waals surface area contributed by atoms with Gasteiger partial charge in [-0.25, -0.2) is 4.98 Å². The lowest BCUT2D eigenvalue weighted by Crippen LogP contribution is -2.27. The van der Waals surface area contributed by atoms with Crippen molar-refractivity contribution in [2.75, 3.05) is 17.6 Å². The molecule has 3 rings (SSSR count). The van der Waals surface area contributed by atoms with Crippen LogP contribution in [0.2, 0.25) is 0 Å². The Balaban J connectivity index is 1.57. The van der Waals surface area contributed by atoms with E-state index in [4.69, 9.17) is 15.4 Å². The molecule has 0 atom stereocenters. The smallest absolute Gasteiger partial charge is 0.252 e. The third kappa shape index (κ3) is 3.31. The quantitative estimate of drug-likeness (QED) is 0.571. The highest BCUT2D eigenvalue weighted by Crippen LogP contribution is 2.36. The maximum Gasteiger partial charge on any atom is 0.252 e. The Morgan fingerprint density at radius 1 is 1.32 bits per heavy atom. The fraction of sp³-hybridized carbons (Fsp3) is 0.538. The maximum absolute atomic E-state index is 9.38. The molecule has 0 unspecified atom stereocenters. The fourth-order valence-electron chi connectivity index (χ4n) is 2.37. The molecule has 2 aromatic rings. The number of hydrogen-bond donors (Lipinski definition) is 4. The number of aromatic nitrogens is 4. The van der Waals surface area contributed by atoms with Crippen LogP contribution in [-0.2, 0) is 13.0 Å². The molecule has 1 aliphatic rings. The van der Waals surface area contributed by atoms with Gasteiger partial charge < -0.3 is 25.8 Å². The van der Waals surface area contributed by atoms with Gasteiger partial charge >= 0.3 is 0 Å². The molecular formula is C13H18N6O3. The van der Waals surface area contributed by atoms with Gasteiger partial charge in [-0.3, -0.25) is 0 Å². The summed E-state index contributed by atoms with van der Waals surface area (Å²) in [5, 5.41) is 25.1. The predicted molar refractivity (Wildman–Crippen MR) is 76.8 cm³/mol. The molecule has 9 heteroatoms. The second-order valence-electron chi connectivity index (χ2n) is 5.30. The molecule has 1 saturated carbocycles. The average molecular weight is 306 g/mol. The molecule has 0 amide bonds. The van der Waals surface area contributed by atoms with Crippen LogP contribution in [0.15, 0.2) is 10.6 Å². The van der Waals surface area contributed by atoms with Crippen LogP contribution in [0.1, 0.15) is 36.2 Å². The molecule has 9 nitrogen and oxygen atoms in total. The van der Waals surface area contributed by atoms with E-state index in [0.717, 1.165) is 5.69 Å². The molecular weight excluding hydrogens is 288 g/mol. The van der Waals surface area contributed by atoms with Crippen molar-refractivity contribution in [2.24, 2.45) is 0 Å². The van der Waals surface area contributed by atoms with Crippen LogP contribution in [0, 0.1) is 0 Å². The van der Waals surface area contributed by atoms with Crippen molar-refractivity contribution in [1.29, 1.82) is 0 Å². The van der Waals surface area contributed by atoms with E-state index in [1.807, 2.05) is 6.07 Å². The van der Waals surface area contributed by atoms with Gasteiger partial charge in [-0.05, 0) is 12.8 Å². The first-order chi connectivity index (χ1) is 10.6. The molecule has 1 fully saturated rings. The van der Waals surface area contributed by atoms with E-state index < -0.39 is 0 Å². The number of rotatable bonds is 6. The SMILES string of the molecule is Nc1nc(NCCc2noc(CO)n2)cc(C2CC(O)C2)n1. The number of aliphatic hydroxyl groups excluding tert-OH is 2. The monoisotopic (exact) mass is 306 g/mol. The van der Waals surface area contributed by atoms with E-state index in [2.05, 4.69) is 25.4 Å². The van der Waals surface area contributed by atoms with Crippen LogP contribution in [0.25, 0.3) is 0 Å². The van der Waals surface area contributed by atoms with Crippen LogP contribution >= 0.6 is 0 Å². The molecule has 0 spiro atoms. The van der Waals surface area contributed by atoms with E-state index in [-0.39, 0.29) is 30.5 Å². The van der Waals surface area contributed by atoms with Crippen LogP contribution < -0.4 is 11.1 Å². The van der Waals surface area contributed by atoms with Crippen molar-refractivity contribution in [1.82, 2.24) is 20.1 Å². The van der Waals surface area contributed by atoms with E-state index in [1.54, 1.807) is 0 Å². The van der Waals surface area contributed by atoms with Gasteiger partial charge in [0.05, 0.1) is 11.8 Å². The number of hydrogen-bond acceptors (Lipinski definition) is 9. The first-order valence-electron chi connectivity index (χ1n) is 7.12. The molecule has 0 aliphatic heterocycles. The van der Waals surface area contributed by atoms with E-state index in [0.29, 0.717) is 37.4 Å². The van der Waals surface area contributed by atoms with Gasteiger partial charge in [0.1, 0.15) is 12.4 Å². The lowest BCUT2D eigenvalue weighted by Gasteiger charge is -2.30. The summed E-state index contributed by atoms with van der Waals surface area (Å²) in [7, 11) is 0. The zero-order chi connectivity index (χ0) is 15.5. The topological polar surface area (TPSA) is 143 Å². The molecule has 0 saturated heterocycles. The van der Waals surface area contributed by atoms with Gasteiger partial charge in [0.15, 0.2) is 5.82 Å². The molecule has 1 aliphatic carbocycles. The minimum Gasteiger partial charge on any atom is -0.393 e. The standard InChI is InChI=1S/C13H18N6O3/c14-13-16-9(7-3-8(21)4-7)5-11(18-13)15-2-1-10-17-12(6-20)22-19-10/h5,7-8,20-21H,1-4,6H2,(H3,14,15,16,18). The predicted octanol–water partition coefficient (Wildman–Crippen LogP) is -0.173. The Hall–Kier alpha value is -2.26. The Kier molecular flexibility index (Phi) is 4.16. The Labute approximate surface area is 126 Å². The molecule has 118 valence electrons. The summed E-state index contributed by atoms with van der Waals surface area (Å²) in [5.41, 5.74) is 6.57. The van der Waals surface area contributed by atoms with Crippen molar-refractivity contribution in [3.05, 3.63) is 23.5 Å². The maximum atomic E-state index is 9.38. The molecule has 0 bridgehead atoms. The molecule has 2 aromatic heterocycles. The van der Waals surface area contributed by atoms with Gasteiger partial charge in [0, 0.05) is 24.9 Å². The Morgan fingerprint density at radius 2 is 2.14 bits per heavy atom. The van der Waals surface area contributed by atoms with Gasteiger partial charge in [-0.15, -0.1) is 0 Å². The first kappa shape index (κ1) is 14.7. The van der Waals surface area contributed by atoms with E-state index >= 15 is 0 Å². The van der Waals surface area contributed by atoms with Gasteiger partial charge in [-0.1, -0.05) is 5.16 Å². The number of aliphatic hydroxyl groups is 2. The minimum atomic E-state index is -0.264. The lowest BCUT2D eigenvalue weighted by atomic mass is 9.80. The summed E-state index contributed by atoms with van der Waals surface area (Å²) in [6.45, 7) is 0.285. The fourth-order valence-corrected chi connectivity index (χ4v) is 2.37. The van der Waals surface area contributed by atoms with Crippen molar-refractivity contribution in [3.63, 3.8) is 0 Å². The van der Waals surface area contributed by atoms with Crippen molar-refractivity contribution < 1.29 is 14.7 Å². The van der Waals surface area contributed by atoms with Gasteiger partial charge in [0.2, 0.25) is 5.95 Å². The van der Waals surface area contributed by atoms with Gasteiger partial charge in [-0.2, -0.15) is 9.97 Å². The van der Waals surface area contributed by atoms with E-state index in [9.17, 15) is 5.11 Å². The van der Waals surface area contributed by atoms with Crippen LogP contribution in [0.5, 0.6) is 0 Å². The Morgan fingerprint density at radius 3 is 2.82 bits per heavy atom. The van der Waals surface area contributed by atoms with Crippen molar-refractivity contribution in [2.45, 2.75) is 37.9 Å². The second-order valence-corrected chi connectivity index (χ2v) is 5.30. The third-order valence-corrected chi connectivity index (χ3v) is 3.59. The van der Waals surface area contributed by atoms with Crippen molar-refractivity contribution >= 4 is 11.8 Å². The summed E-state index contributed by atoms with van der Waals surface area (Å²) < 4.78 is 4.81. The third-order valence-electron chi connectivity index (χ3n) is 3.59. The van der Waals surface area contributed by atoms with Crippen LogP contribution in [0.3, 0.4) is 0 Å². The summed E-state index contributed by atoms with van der Waals surface area (Å²) in [6, 6.07) is 1.85. The summed E-state index contributed by atoms with van der Waals surface area (Å²) in [5.74, 6) is 1.80. The van der Waals surface area contributed by atoms with Gasteiger partial charge in [0.25, 0.3) is 5.89 Å². The average Bonchev–Trinajstić information content (AvgIpc) is 2.91. The van der Waals surface area contributed by atoms with Crippen LogP contribution in [-0.4, -0.2) is 43.0 Å². The highest BCUT2D eigenvalue weighted by atomic mass is 16.5. The first-order valence-corrected chi connectivity index (χ1v) is 7.12. The molecule has 0 radical (unpaired) electrons. The summed E-state index contributed by atoms with van der Waals surface area (Å²) in [4.78, 5) is 12.4. The Bertz CT molecular complexity index is 640. The zero-order valence-corrected chi connectivity index (χ0v) is 11.9. The van der Waals surface area contributed by atoms with Crippen LogP contribution in [0.4, 0.5) is 11.8 Å².